The standard InChI is InChI=1S/C20H18Cl2N4O2/c21-15-6-5-13(11-16(15)22)17-4-2-10-26(17)19(27)8-7-18-24-20(25-28-18)14-3-1-9-23-12-14/h1,3,5-6,9,11-12,17H,2,4,7-8,10H2. The predicted octanol–water partition coefficient (Wildman–Crippen LogP) is 4.73. The van der Waals surface area contributed by atoms with Crippen molar-refractivity contribution in [1.82, 2.24) is 20.0 Å². The highest BCUT2D eigenvalue weighted by Gasteiger charge is 2.30. The van der Waals surface area contributed by atoms with Crippen molar-refractivity contribution in [2.45, 2.75) is 31.7 Å². The maximum atomic E-state index is 12.8. The van der Waals surface area contributed by atoms with Crippen molar-refractivity contribution in [1.29, 1.82) is 0 Å². The van der Waals surface area contributed by atoms with Gasteiger partial charge in [-0.3, -0.25) is 9.78 Å². The van der Waals surface area contributed by atoms with Crippen molar-refractivity contribution in [2.75, 3.05) is 6.54 Å². The average Bonchev–Trinajstić information content (AvgIpc) is 3.39. The number of hydrogen-bond donors (Lipinski definition) is 0. The van der Waals surface area contributed by atoms with Gasteiger partial charge in [-0.2, -0.15) is 4.98 Å². The molecule has 0 radical (unpaired) electrons. The molecule has 1 amide bonds. The molecule has 1 atom stereocenters. The van der Waals surface area contributed by atoms with Crippen LogP contribution in [0.1, 0.15) is 36.8 Å². The van der Waals surface area contributed by atoms with Gasteiger partial charge >= 0.3 is 0 Å². The summed E-state index contributed by atoms with van der Waals surface area (Å²) in [4.78, 5) is 23.1. The van der Waals surface area contributed by atoms with Crippen LogP contribution in [0.2, 0.25) is 10.0 Å². The summed E-state index contributed by atoms with van der Waals surface area (Å²) >= 11 is 12.2. The number of pyridine rings is 1. The summed E-state index contributed by atoms with van der Waals surface area (Å²) < 4.78 is 5.28. The summed E-state index contributed by atoms with van der Waals surface area (Å²) in [7, 11) is 0. The van der Waals surface area contributed by atoms with Gasteiger partial charge < -0.3 is 9.42 Å². The van der Waals surface area contributed by atoms with Gasteiger partial charge in [0.15, 0.2) is 0 Å². The average molecular weight is 417 g/mol. The van der Waals surface area contributed by atoms with Crippen molar-refractivity contribution >= 4 is 29.1 Å². The summed E-state index contributed by atoms with van der Waals surface area (Å²) in [6, 6.07) is 9.25. The Balaban J connectivity index is 1.40. The molecule has 1 fully saturated rings. The zero-order valence-electron chi connectivity index (χ0n) is 15.0. The molecule has 0 spiro atoms. The molecule has 28 heavy (non-hydrogen) atoms. The first-order valence-corrected chi connectivity index (χ1v) is 9.85. The number of amides is 1. The van der Waals surface area contributed by atoms with Crippen molar-refractivity contribution in [3.63, 3.8) is 0 Å². The van der Waals surface area contributed by atoms with Crippen LogP contribution in [0.25, 0.3) is 11.4 Å². The fraction of sp³-hybridized carbons (Fsp3) is 0.300. The molecule has 0 aliphatic carbocycles. The van der Waals surface area contributed by atoms with E-state index in [0.29, 0.717) is 34.6 Å². The van der Waals surface area contributed by atoms with E-state index in [9.17, 15) is 4.79 Å². The number of aromatic nitrogens is 3. The second-order valence-corrected chi connectivity index (χ2v) is 7.49. The normalized spacial score (nSPS) is 16.5. The summed E-state index contributed by atoms with van der Waals surface area (Å²) in [6.07, 6.45) is 5.94. The molecular formula is C20H18Cl2N4O2. The lowest BCUT2D eigenvalue weighted by Gasteiger charge is -2.25. The topological polar surface area (TPSA) is 72.1 Å². The smallest absolute Gasteiger partial charge is 0.227 e. The Morgan fingerprint density at radius 2 is 2.14 bits per heavy atom. The molecule has 3 aromatic rings. The van der Waals surface area contributed by atoms with Crippen LogP contribution in [-0.4, -0.2) is 32.5 Å². The maximum Gasteiger partial charge on any atom is 0.227 e. The van der Waals surface area contributed by atoms with Gasteiger partial charge in [0, 0.05) is 37.3 Å². The third kappa shape index (κ3) is 4.03. The Morgan fingerprint density at radius 1 is 1.25 bits per heavy atom. The highest BCUT2D eigenvalue weighted by atomic mass is 35.5. The first kappa shape index (κ1) is 18.9. The van der Waals surface area contributed by atoms with Gasteiger partial charge in [0.1, 0.15) is 0 Å². The molecule has 6 nitrogen and oxygen atoms in total. The van der Waals surface area contributed by atoms with Crippen LogP contribution in [0.15, 0.2) is 47.2 Å². The molecule has 0 bridgehead atoms. The van der Waals surface area contributed by atoms with E-state index in [1.807, 2.05) is 29.2 Å². The Labute approximate surface area is 172 Å². The molecule has 1 aliphatic heterocycles. The van der Waals surface area contributed by atoms with Gasteiger partial charge in [-0.1, -0.05) is 34.4 Å². The van der Waals surface area contributed by atoms with Gasteiger partial charge in [-0.25, -0.2) is 0 Å². The molecule has 1 aliphatic rings. The molecule has 1 aromatic carbocycles. The molecule has 4 rings (SSSR count). The number of benzene rings is 1. The SMILES string of the molecule is O=C(CCc1nc(-c2cccnc2)no1)N1CCCC1c1ccc(Cl)c(Cl)c1. The number of hydrogen-bond acceptors (Lipinski definition) is 5. The Kier molecular flexibility index (Phi) is 5.59. The van der Waals surface area contributed by atoms with E-state index in [-0.39, 0.29) is 11.9 Å². The number of nitrogens with zero attached hydrogens (tertiary/aromatic N) is 4. The van der Waals surface area contributed by atoms with Crippen LogP contribution in [0.4, 0.5) is 0 Å². The van der Waals surface area contributed by atoms with Crippen LogP contribution >= 0.6 is 23.2 Å². The molecule has 3 heterocycles. The van der Waals surface area contributed by atoms with E-state index in [1.165, 1.54) is 0 Å². The van der Waals surface area contributed by atoms with Gasteiger partial charge in [-0.05, 0) is 42.7 Å². The van der Waals surface area contributed by atoms with Gasteiger partial charge in [-0.15, -0.1) is 0 Å². The van der Waals surface area contributed by atoms with E-state index < -0.39 is 0 Å². The Bertz CT molecular complexity index is 977. The second-order valence-electron chi connectivity index (χ2n) is 6.67. The van der Waals surface area contributed by atoms with Crippen LogP contribution in [0.3, 0.4) is 0 Å². The maximum absolute atomic E-state index is 12.8. The lowest BCUT2D eigenvalue weighted by atomic mass is 10.0. The quantitative estimate of drug-likeness (QED) is 0.600. The van der Waals surface area contributed by atoms with Crippen LogP contribution in [0.5, 0.6) is 0 Å². The summed E-state index contributed by atoms with van der Waals surface area (Å²) in [5.74, 6) is 0.984. The molecular weight excluding hydrogens is 399 g/mol. The van der Waals surface area contributed by atoms with E-state index in [0.717, 1.165) is 30.5 Å². The van der Waals surface area contributed by atoms with Gasteiger partial charge in [0.25, 0.3) is 0 Å². The number of carbonyl (C=O) groups is 1. The lowest BCUT2D eigenvalue weighted by molar-refractivity contribution is -0.132. The molecule has 0 saturated carbocycles. The fourth-order valence-electron chi connectivity index (χ4n) is 3.46. The second kappa shape index (κ2) is 8.29. The van der Waals surface area contributed by atoms with E-state index >= 15 is 0 Å². The van der Waals surface area contributed by atoms with Crippen molar-refractivity contribution in [3.05, 3.63) is 64.2 Å². The van der Waals surface area contributed by atoms with Crippen LogP contribution < -0.4 is 0 Å². The minimum Gasteiger partial charge on any atom is -0.339 e. The number of aryl methyl sites for hydroxylation is 1. The van der Waals surface area contributed by atoms with E-state index in [1.54, 1.807) is 18.5 Å². The third-order valence-electron chi connectivity index (χ3n) is 4.84. The molecule has 2 aromatic heterocycles. The summed E-state index contributed by atoms with van der Waals surface area (Å²) in [5.41, 5.74) is 1.79. The minimum atomic E-state index is 0.0240. The molecule has 1 unspecified atom stereocenters. The predicted molar refractivity (Wildman–Crippen MR) is 106 cm³/mol. The first-order valence-electron chi connectivity index (χ1n) is 9.09. The zero-order chi connectivity index (χ0) is 19.5. The van der Waals surface area contributed by atoms with E-state index in [4.69, 9.17) is 27.7 Å². The van der Waals surface area contributed by atoms with E-state index in [2.05, 4.69) is 15.1 Å². The van der Waals surface area contributed by atoms with Gasteiger partial charge in [0.2, 0.25) is 17.6 Å². The van der Waals surface area contributed by atoms with Crippen molar-refractivity contribution in [2.24, 2.45) is 0 Å². The van der Waals surface area contributed by atoms with Crippen molar-refractivity contribution < 1.29 is 9.32 Å². The molecule has 1 saturated heterocycles. The largest absolute Gasteiger partial charge is 0.339 e. The van der Waals surface area contributed by atoms with Gasteiger partial charge in [0.05, 0.1) is 16.1 Å². The fourth-order valence-corrected chi connectivity index (χ4v) is 3.76. The Hall–Kier alpha value is -2.44. The first-order chi connectivity index (χ1) is 13.6. The monoisotopic (exact) mass is 416 g/mol. The number of rotatable bonds is 5. The molecule has 144 valence electrons. The zero-order valence-corrected chi connectivity index (χ0v) is 16.5. The lowest BCUT2D eigenvalue weighted by Crippen LogP contribution is -2.30. The molecule has 8 heteroatoms. The number of likely N-dealkylation sites (tertiary alicyclic amines) is 1. The number of carbonyl (C=O) groups excluding carboxylic acids is 1. The third-order valence-corrected chi connectivity index (χ3v) is 5.58. The molecule has 0 N–H and O–H groups in total. The highest BCUT2D eigenvalue weighted by Crippen LogP contribution is 2.35. The number of halogens is 2. The summed E-state index contributed by atoms with van der Waals surface area (Å²) in [5, 5.41) is 4.99. The minimum absolute atomic E-state index is 0.0240. The van der Waals surface area contributed by atoms with Crippen LogP contribution in [0, 0.1) is 0 Å². The highest BCUT2D eigenvalue weighted by molar-refractivity contribution is 6.42. The Morgan fingerprint density at radius 3 is 2.93 bits per heavy atom. The van der Waals surface area contributed by atoms with Crippen LogP contribution in [-0.2, 0) is 11.2 Å². The van der Waals surface area contributed by atoms with Crippen molar-refractivity contribution in [3.8, 4) is 11.4 Å². The summed E-state index contributed by atoms with van der Waals surface area (Å²) in [6.45, 7) is 0.731.